The van der Waals surface area contributed by atoms with E-state index in [1.54, 1.807) is 18.2 Å². The summed E-state index contributed by atoms with van der Waals surface area (Å²) < 4.78 is 13.8. The maximum atomic E-state index is 13.0. The van der Waals surface area contributed by atoms with Crippen molar-refractivity contribution in [2.45, 2.75) is 6.42 Å². The number of nitrogens with zero attached hydrogens (tertiary/aromatic N) is 1. The summed E-state index contributed by atoms with van der Waals surface area (Å²) in [5.41, 5.74) is 0.129. The van der Waals surface area contributed by atoms with Gasteiger partial charge < -0.3 is 0 Å². The molecule has 0 aromatic heterocycles. The summed E-state index contributed by atoms with van der Waals surface area (Å²) in [6, 6.07) is 10.0. The Hall–Kier alpha value is -2.08. The van der Waals surface area contributed by atoms with Crippen LogP contribution in [0.4, 0.5) is 10.1 Å². The summed E-state index contributed by atoms with van der Waals surface area (Å²) in [7, 11) is 0. The zero-order valence-corrected chi connectivity index (χ0v) is 11.8. The predicted molar refractivity (Wildman–Crippen MR) is 75.2 cm³/mol. The molecule has 0 aliphatic carbocycles. The summed E-state index contributed by atoms with van der Waals surface area (Å²) in [5, 5.41) is 10.9. The highest BCUT2D eigenvalue weighted by atomic mass is 79.9. The highest BCUT2D eigenvalue weighted by Gasteiger charge is 2.21. The van der Waals surface area contributed by atoms with Gasteiger partial charge in [-0.1, -0.05) is 28.1 Å². The van der Waals surface area contributed by atoms with Gasteiger partial charge in [-0.25, -0.2) is 4.39 Å². The lowest BCUT2D eigenvalue weighted by atomic mass is 10.0. The van der Waals surface area contributed by atoms with Crippen LogP contribution in [0.1, 0.15) is 15.9 Å². The number of Topliss-reactive ketones (excluding diaryl/α,β-unsaturated/α-hetero) is 1. The normalized spacial score (nSPS) is 10.3. The molecule has 0 aliphatic rings. The van der Waals surface area contributed by atoms with Crippen LogP contribution in [0.2, 0.25) is 0 Å². The van der Waals surface area contributed by atoms with Gasteiger partial charge in [0.15, 0.2) is 5.78 Å². The first-order valence-electron chi connectivity index (χ1n) is 5.69. The molecule has 102 valence electrons. The zero-order valence-electron chi connectivity index (χ0n) is 10.2. The fourth-order valence-electron chi connectivity index (χ4n) is 1.82. The maximum absolute atomic E-state index is 13.0. The van der Waals surface area contributed by atoms with E-state index in [1.807, 2.05) is 6.07 Å². The van der Waals surface area contributed by atoms with Crippen molar-refractivity contribution in [3.8, 4) is 0 Å². The molecular formula is C14H9BrFNO3. The molecule has 0 atom stereocenters. The van der Waals surface area contributed by atoms with Crippen LogP contribution in [-0.4, -0.2) is 10.7 Å². The van der Waals surface area contributed by atoms with Crippen LogP contribution in [0.5, 0.6) is 0 Å². The lowest BCUT2D eigenvalue weighted by Crippen LogP contribution is -2.07. The van der Waals surface area contributed by atoms with Gasteiger partial charge in [0.25, 0.3) is 5.69 Å². The standard InChI is InChI=1S/C14H9BrFNO3/c15-10-3-1-2-9(6-10)7-14(18)12-5-4-11(16)8-13(12)17(19)20/h1-6,8H,7H2. The van der Waals surface area contributed by atoms with Crippen LogP contribution in [0.15, 0.2) is 46.9 Å². The van der Waals surface area contributed by atoms with E-state index in [0.717, 1.165) is 28.2 Å². The molecule has 0 unspecified atom stereocenters. The van der Waals surface area contributed by atoms with Crippen LogP contribution < -0.4 is 0 Å². The number of nitro benzene ring substituents is 1. The van der Waals surface area contributed by atoms with E-state index in [1.165, 1.54) is 0 Å². The van der Waals surface area contributed by atoms with Crippen LogP contribution in [-0.2, 0) is 6.42 Å². The van der Waals surface area contributed by atoms with Gasteiger partial charge in [0, 0.05) is 10.9 Å². The third-order valence-electron chi connectivity index (χ3n) is 2.71. The summed E-state index contributed by atoms with van der Waals surface area (Å²) in [5.74, 6) is -1.16. The summed E-state index contributed by atoms with van der Waals surface area (Å²) in [6.45, 7) is 0. The van der Waals surface area contributed by atoms with Crippen molar-refractivity contribution in [2.75, 3.05) is 0 Å². The van der Waals surface area contributed by atoms with Gasteiger partial charge in [-0.3, -0.25) is 14.9 Å². The molecule has 0 aliphatic heterocycles. The Morgan fingerprint density at radius 1 is 1.25 bits per heavy atom. The molecular weight excluding hydrogens is 329 g/mol. The molecule has 0 fully saturated rings. The largest absolute Gasteiger partial charge is 0.294 e. The second kappa shape index (κ2) is 5.92. The van der Waals surface area contributed by atoms with Gasteiger partial charge >= 0.3 is 0 Å². The molecule has 4 nitrogen and oxygen atoms in total. The first-order valence-corrected chi connectivity index (χ1v) is 6.48. The monoisotopic (exact) mass is 337 g/mol. The molecule has 0 amide bonds. The van der Waals surface area contributed by atoms with E-state index >= 15 is 0 Å². The maximum Gasteiger partial charge on any atom is 0.283 e. The van der Waals surface area contributed by atoms with Crippen molar-refractivity contribution < 1.29 is 14.1 Å². The topological polar surface area (TPSA) is 60.2 Å². The fourth-order valence-corrected chi connectivity index (χ4v) is 2.27. The van der Waals surface area contributed by atoms with E-state index in [0.29, 0.717) is 0 Å². The molecule has 0 radical (unpaired) electrons. The van der Waals surface area contributed by atoms with Crippen LogP contribution in [0.3, 0.4) is 0 Å². The number of halogens is 2. The number of hydrogen-bond donors (Lipinski definition) is 0. The molecule has 0 spiro atoms. The molecule has 6 heteroatoms. The Bertz CT molecular complexity index is 688. The molecule has 0 saturated carbocycles. The van der Waals surface area contributed by atoms with Gasteiger partial charge in [0.1, 0.15) is 5.82 Å². The molecule has 0 heterocycles. The Morgan fingerprint density at radius 3 is 2.65 bits per heavy atom. The van der Waals surface area contributed by atoms with Crippen LogP contribution >= 0.6 is 15.9 Å². The highest BCUT2D eigenvalue weighted by molar-refractivity contribution is 9.10. The van der Waals surface area contributed by atoms with Crippen molar-refractivity contribution in [1.82, 2.24) is 0 Å². The second-order valence-electron chi connectivity index (χ2n) is 4.15. The van der Waals surface area contributed by atoms with Gasteiger partial charge in [-0.05, 0) is 29.8 Å². The van der Waals surface area contributed by atoms with E-state index in [9.17, 15) is 19.3 Å². The van der Waals surface area contributed by atoms with E-state index in [2.05, 4.69) is 15.9 Å². The predicted octanol–water partition coefficient (Wildman–Crippen LogP) is 3.92. The van der Waals surface area contributed by atoms with Crippen LogP contribution in [0, 0.1) is 15.9 Å². The number of benzene rings is 2. The van der Waals surface area contributed by atoms with E-state index < -0.39 is 22.2 Å². The van der Waals surface area contributed by atoms with Gasteiger partial charge in [0.05, 0.1) is 16.6 Å². The number of carbonyl (C=O) groups is 1. The highest BCUT2D eigenvalue weighted by Crippen LogP contribution is 2.22. The lowest BCUT2D eigenvalue weighted by molar-refractivity contribution is -0.385. The number of carbonyl (C=O) groups excluding carboxylic acids is 1. The molecule has 0 saturated heterocycles. The third kappa shape index (κ3) is 3.27. The lowest BCUT2D eigenvalue weighted by Gasteiger charge is -2.03. The first-order chi connectivity index (χ1) is 9.47. The number of hydrogen-bond acceptors (Lipinski definition) is 3. The molecule has 2 aromatic carbocycles. The van der Waals surface area contributed by atoms with Gasteiger partial charge in [-0.15, -0.1) is 0 Å². The fraction of sp³-hybridized carbons (Fsp3) is 0.0714. The summed E-state index contributed by atoms with van der Waals surface area (Å²) in [4.78, 5) is 22.2. The molecule has 0 N–H and O–H groups in total. The first kappa shape index (κ1) is 14.3. The smallest absolute Gasteiger partial charge is 0.283 e. The second-order valence-corrected chi connectivity index (χ2v) is 5.06. The minimum Gasteiger partial charge on any atom is -0.294 e. The average Bonchev–Trinajstić information content (AvgIpc) is 2.38. The minimum atomic E-state index is -0.753. The number of nitro groups is 1. The minimum absolute atomic E-state index is 0.0198. The van der Waals surface area contributed by atoms with Gasteiger partial charge in [-0.2, -0.15) is 0 Å². The third-order valence-corrected chi connectivity index (χ3v) is 3.20. The van der Waals surface area contributed by atoms with E-state index in [-0.39, 0.29) is 12.0 Å². The van der Waals surface area contributed by atoms with Crippen molar-refractivity contribution in [3.05, 3.63) is 74.0 Å². The summed E-state index contributed by atoms with van der Waals surface area (Å²) >= 11 is 3.29. The van der Waals surface area contributed by atoms with Gasteiger partial charge in [0.2, 0.25) is 0 Å². The average molecular weight is 338 g/mol. The number of ketones is 1. The Balaban J connectivity index is 2.32. The van der Waals surface area contributed by atoms with E-state index in [4.69, 9.17) is 0 Å². The van der Waals surface area contributed by atoms with Crippen molar-refractivity contribution in [1.29, 1.82) is 0 Å². The molecule has 20 heavy (non-hydrogen) atoms. The summed E-state index contributed by atoms with van der Waals surface area (Å²) in [6.07, 6.45) is 0.0198. The SMILES string of the molecule is O=C(Cc1cccc(Br)c1)c1ccc(F)cc1[N+](=O)[O-]. The Morgan fingerprint density at radius 2 is 2.00 bits per heavy atom. The Kier molecular flexibility index (Phi) is 4.24. The zero-order chi connectivity index (χ0) is 14.7. The molecule has 0 bridgehead atoms. The van der Waals surface area contributed by atoms with Crippen LogP contribution in [0.25, 0.3) is 0 Å². The quantitative estimate of drug-likeness (QED) is 0.482. The molecule has 2 aromatic rings. The molecule has 2 rings (SSSR count). The van der Waals surface area contributed by atoms with Crippen molar-refractivity contribution in [2.24, 2.45) is 0 Å². The Labute approximate surface area is 122 Å². The van der Waals surface area contributed by atoms with Crippen molar-refractivity contribution >= 4 is 27.4 Å². The van der Waals surface area contributed by atoms with Crippen molar-refractivity contribution in [3.63, 3.8) is 0 Å². The number of rotatable bonds is 4.